The van der Waals surface area contributed by atoms with Crippen molar-refractivity contribution in [2.24, 2.45) is 0 Å². The summed E-state index contributed by atoms with van der Waals surface area (Å²) >= 11 is 1.21. The van der Waals surface area contributed by atoms with Crippen LogP contribution in [-0.2, 0) is 0 Å². The first-order chi connectivity index (χ1) is 13.8. The zero-order chi connectivity index (χ0) is 18.9. The molecule has 0 atom stereocenters. The second-order valence-electron chi connectivity index (χ2n) is 6.19. The summed E-state index contributed by atoms with van der Waals surface area (Å²) < 4.78 is 16.7. The van der Waals surface area contributed by atoms with Gasteiger partial charge < -0.3 is 18.9 Å². The van der Waals surface area contributed by atoms with E-state index in [0.717, 1.165) is 16.5 Å². The van der Waals surface area contributed by atoms with E-state index in [1.165, 1.54) is 11.8 Å². The number of aromatic amines is 1. The molecular formula is C20H15N3O4S. The van der Waals surface area contributed by atoms with Crippen LogP contribution in [0.15, 0.2) is 58.3 Å². The van der Waals surface area contributed by atoms with Crippen molar-refractivity contribution in [3.8, 4) is 23.0 Å². The SMILES string of the molecule is O=C(CSc1nnc(-c2c[nH]c3ccccc23)o1)c1ccc2c(c1)OCCO2. The summed E-state index contributed by atoms with van der Waals surface area (Å²) in [6, 6.07) is 13.1. The lowest BCUT2D eigenvalue weighted by Crippen LogP contribution is -2.16. The first kappa shape index (κ1) is 16.9. The summed E-state index contributed by atoms with van der Waals surface area (Å²) in [5, 5.41) is 9.52. The molecule has 0 bridgehead atoms. The maximum atomic E-state index is 12.5. The summed E-state index contributed by atoms with van der Waals surface area (Å²) in [5.41, 5.74) is 2.40. The van der Waals surface area contributed by atoms with Crippen molar-refractivity contribution in [2.45, 2.75) is 5.22 Å². The first-order valence-electron chi connectivity index (χ1n) is 8.73. The van der Waals surface area contributed by atoms with Gasteiger partial charge in [0.15, 0.2) is 17.3 Å². The Morgan fingerprint density at radius 2 is 1.93 bits per heavy atom. The number of hydrogen-bond acceptors (Lipinski definition) is 7. The normalized spacial score (nSPS) is 13.0. The van der Waals surface area contributed by atoms with Crippen LogP contribution in [0.3, 0.4) is 0 Å². The number of rotatable bonds is 5. The van der Waals surface area contributed by atoms with Gasteiger partial charge in [-0.1, -0.05) is 30.0 Å². The van der Waals surface area contributed by atoms with Gasteiger partial charge >= 0.3 is 0 Å². The van der Waals surface area contributed by atoms with Gasteiger partial charge in [0.25, 0.3) is 11.1 Å². The van der Waals surface area contributed by atoms with Gasteiger partial charge in [-0.05, 0) is 24.3 Å². The number of nitrogens with one attached hydrogen (secondary N) is 1. The topological polar surface area (TPSA) is 90.2 Å². The molecule has 2 aromatic carbocycles. The molecule has 0 amide bonds. The minimum atomic E-state index is -0.0474. The summed E-state index contributed by atoms with van der Waals surface area (Å²) in [7, 11) is 0. The van der Waals surface area contributed by atoms with E-state index in [9.17, 15) is 4.79 Å². The average molecular weight is 393 g/mol. The number of fused-ring (bicyclic) bond motifs is 2. The van der Waals surface area contributed by atoms with E-state index in [2.05, 4.69) is 15.2 Å². The van der Waals surface area contributed by atoms with Gasteiger partial charge in [0.2, 0.25) is 0 Å². The predicted octanol–water partition coefficient (Wildman–Crippen LogP) is 3.96. The van der Waals surface area contributed by atoms with Crippen LogP contribution >= 0.6 is 11.8 Å². The molecule has 2 aromatic heterocycles. The number of nitrogens with zero attached hydrogens (tertiary/aromatic N) is 2. The van der Waals surface area contributed by atoms with Gasteiger partial charge in [-0.2, -0.15) is 0 Å². The van der Waals surface area contributed by atoms with Crippen molar-refractivity contribution in [1.82, 2.24) is 15.2 Å². The fourth-order valence-electron chi connectivity index (χ4n) is 3.05. The molecule has 0 fully saturated rings. The molecule has 0 unspecified atom stereocenters. The molecule has 1 aliphatic rings. The molecule has 3 heterocycles. The lowest BCUT2D eigenvalue weighted by Gasteiger charge is -2.18. The van der Waals surface area contributed by atoms with Crippen LogP contribution in [-0.4, -0.2) is 39.9 Å². The lowest BCUT2D eigenvalue weighted by atomic mass is 10.1. The molecule has 1 N–H and O–H groups in total. The van der Waals surface area contributed by atoms with Gasteiger partial charge in [-0.15, -0.1) is 10.2 Å². The van der Waals surface area contributed by atoms with E-state index in [1.807, 2.05) is 30.5 Å². The maximum absolute atomic E-state index is 12.5. The van der Waals surface area contributed by atoms with Crippen molar-refractivity contribution >= 4 is 28.4 Å². The third kappa shape index (κ3) is 3.11. The van der Waals surface area contributed by atoms with E-state index in [-0.39, 0.29) is 11.5 Å². The number of carbonyl (C=O) groups excluding carboxylic acids is 1. The van der Waals surface area contributed by atoms with Crippen LogP contribution in [0.4, 0.5) is 0 Å². The Hall–Kier alpha value is -3.26. The van der Waals surface area contributed by atoms with Gasteiger partial charge in [0.05, 0.1) is 11.3 Å². The van der Waals surface area contributed by atoms with Gasteiger partial charge in [-0.25, -0.2) is 0 Å². The number of benzene rings is 2. The molecular weight excluding hydrogens is 378 g/mol. The summed E-state index contributed by atoms with van der Waals surface area (Å²) in [5.74, 6) is 1.83. The molecule has 8 heteroatoms. The van der Waals surface area contributed by atoms with Crippen molar-refractivity contribution < 1.29 is 18.7 Å². The standard InChI is InChI=1S/C20H15N3O4S/c24-16(12-5-6-17-18(9-12)26-8-7-25-17)11-28-20-23-22-19(27-20)14-10-21-15-4-2-1-3-13(14)15/h1-6,9-10,21H,7-8,11H2. The first-order valence-corrected chi connectivity index (χ1v) is 9.72. The third-order valence-corrected chi connectivity index (χ3v) is 5.24. The number of ether oxygens (including phenoxy) is 2. The van der Waals surface area contributed by atoms with Crippen LogP contribution < -0.4 is 9.47 Å². The number of H-pyrrole nitrogens is 1. The van der Waals surface area contributed by atoms with E-state index < -0.39 is 0 Å². The smallest absolute Gasteiger partial charge is 0.277 e. The maximum Gasteiger partial charge on any atom is 0.277 e. The third-order valence-electron chi connectivity index (χ3n) is 4.42. The number of carbonyl (C=O) groups is 1. The van der Waals surface area contributed by atoms with E-state index >= 15 is 0 Å². The molecule has 0 aliphatic carbocycles. The highest BCUT2D eigenvalue weighted by atomic mass is 32.2. The Morgan fingerprint density at radius 1 is 1.07 bits per heavy atom. The lowest BCUT2D eigenvalue weighted by molar-refractivity contribution is 0.102. The highest BCUT2D eigenvalue weighted by Crippen LogP contribution is 2.32. The minimum Gasteiger partial charge on any atom is -0.486 e. The molecule has 0 saturated carbocycles. The van der Waals surface area contributed by atoms with Crippen LogP contribution in [0, 0.1) is 0 Å². The second kappa shape index (κ2) is 7.05. The van der Waals surface area contributed by atoms with Crippen LogP contribution in [0.2, 0.25) is 0 Å². The Kier molecular flexibility index (Phi) is 4.25. The second-order valence-corrected chi connectivity index (χ2v) is 7.12. The number of para-hydroxylation sites is 1. The molecule has 1 aliphatic heterocycles. The van der Waals surface area contributed by atoms with Gasteiger partial charge in [-0.3, -0.25) is 4.79 Å². The number of thioether (sulfide) groups is 1. The summed E-state index contributed by atoms with van der Waals surface area (Å²) in [6.07, 6.45) is 1.84. The Bertz CT molecular complexity index is 1170. The van der Waals surface area contributed by atoms with Crippen molar-refractivity contribution in [3.05, 3.63) is 54.2 Å². The quantitative estimate of drug-likeness (QED) is 0.405. The molecule has 4 aromatic rings. The van der Waals surface area contributed by atoms with Gasteiger partial charge in [0.1, 0.15) is 13.2 Å². The van der Waals surface area contributed by atoms with Crippen LogP contribution in [0.25, 0.3) is 22.4 Å². The van der Waals surface area contributed by atoms with E-state index in [4.69, 9.17) is 13.9 Å². The number of aromatic nitrogens is 3. The van der Waals surface area contributed by atoms with E-state index in [1.54, 1.807) is 18.2 Å². The molecule has 28 heavy (non-hydrogen) atoms. The summed E-state index contributed by atoms with van der Waals surface area (Å²) in [6.45, 7) is 1.00. The molecule has 5 rings (SSSR count). The molecule has 140 valence electrons. The number of hydrogen-bond donors (Lipinski definition) is 1. The zero-order valence-electron chi connectivity index (χ0n) is 14.7. The Labute approximate surface area is 164 Å². The van der Waals surface area contributed by atoms with E-state index in [0.29, 0.717) is 41.4 Å². The Balaban J connectivity index is 1.29. The molecule has 0 radical (unpaired) electrons. The zero-order valence-corrected chi connectivity index (χ0v) is 15.5. The van der Waals surface area contributed by atoms with Crippen LogP contribution in [0.1, 0.15) is 10.4 Å². The molecule has 0 saturated heterocycles. The van der Waals surface area contributed by atoms with Crippen LogP contribution in [0.5, 0.6) is 11.5 Å². The van der Waals surface area contributed by atoms with Crippen molar-refractivity contribution in [3.63, 3.8) is 0 Å². The fraction of sp³-hybridized carbons (Fsp3) is 0.150. The van der Waals surface area contributed by atoms with Gasteiger partial charge in [0, 0.05) is 22.7 Å². The van der Waals surface area contributed by atoms with Crippen molar-refractivity contribution in [2.75, 3.05) is 19.0 Å². The predicted molar refractivity (Wildman–Crippen MR) is 104 cm³/mol. The molecule has 0 spiro atoms. The highest BCUT2D eigenvalue weighted by molar-refractivity contribution is 7.99. The Morgan fingerprint density at radius 3 is 2.86 bits per heavy atom. The highest BCUT2D eigenvalue weighted by Gasteiger charge is 2.17. The minimum absolute atomic E-state index is 0.0474. The average Bonchev–Trinajstić information content (AvgIpc) is 3.38. The monoisotopic (exact) mass is 393 g/mol. The number of Topliss-reactive ketones (excluding diaryl/α,β-unsaturated/α-hetero) is 1. The summed E-state index contributed by atoms with van der Waals surface area (Å²) in [4.78, 5) is 15.7. The number of ketones is 1. The van der Waals surface area contributed by atoms with Crippen molar-refractivity contribution in [1.29, 1.82) is 0 Å². The fourth-order valence-corrected chi connectivity index (χ4v) is 3.71. The molecule has 7 nitrogen and oxygen atoms in total. The largest absolute Gasteiger partial charge is 0.486 e.